The standard InChI is InChI=1S/C16H12ClNO2S2/c1-22(19,20)14-7-3-5-12(9-14)16-18-10-15(21-16)11-4-2-6-13(17)8-11/h2-10H,1H3. The van der Waals surface area contributed by atoms with Crippen molar-refractivity contribution in [3.8, 4) is 21.0 Å². The molecule has 0 fully saturated rings. The van der Waals surface area contributed by atoms with Crippen LogP contribution in [0, 0.1) is 0 Å². The minimum absolute atomic E-state index is 0.296. The molecule has 2 aromatic carbocycles. The number of aromatic nitrogens is 1. The van der Waals surface area contributed by atoms with Crippen molar-refractivity contribution in [3.05, 3.63) is 59.8 Å². The molecule has 0 aliphatic heterocycles. The predicted octanol–water partition coefficient (Wildman–Crippen LogP) is 4.53. The minimum Gasteiger partial charge on any atom is -0.244 e. The summed E-state index contributed by atoms with van der Waals surface area (Å²) < 4.78 is 23.3. The Morgan fingerprint density at radius 3 is 2.50 bits per heavy atom. The summed E-state index contributed by atoms with van der Waals surface area (Å²) in [6, 6.07) is 14.4. The van der Waals surface area contributed by atoms with Crippen molar-refractivity contribution in [1.82, 2.24) is 4.98 Å². The first kappa shape index (κ1) is 15.2. The summed E-state index contributed by atoms with van der Waals surface area (Å²) in [5.41, 5.74) is 1.79. The summed E-state index contributed by atoms with van der Waals surface area (Å²) in [5, 5.41) is 1.45. The van der Waals surface area contributed by atoms with Gasteiger partial charge in [-0.3, -0.25) is 0 Å². The van der Waals surface area contributed by atoms with Crippen LogP contribution in [0.1, 0.15) is 0 Å². The van der Waals surface area contributed by atoms with Crippen molar-refractivity contribution in [3.63, 3.8) is 0 Å². The van der Waals surface area contributed by atoms with Crippen LogP contribution in [0.5, 0.6) is 0 Å². The molecule has 1 heterocycles. The highest BCUT2D eigenvalue weighted by Gasteiger charge is 2.11. The van der Waals surface area contributed by atoms with Crippen molar-refractivity contribution in [2.75, 3.05) is 6.26 Å². The van der Waals surface area contributed by atoms with Gasteiger partial charge in [0.1, 0.15) is 5.01 Å². The zero-order valence-corrected chi connectivity index (χ0v) is 14.0. The van der Waals surface area contributed by atoms with Gasteiger partial charge in [-0.25, -0.2) is 13.4 Å². The molecule has 0 spiro atoms. The topological polar surface area (TPSA) is 47.0 Å². The van der Waals surface area contributed by atoms with Crippen molar-refractivity contribution in [2.24, 2.45) is 0 Å². The van der Waals surface area contributed by atoms with Gasteiger partial charge >= 0.3 is 0 Å². The van der Waals surface area contributed by atoms with Crippen LogP contribution in [0.15, 0.2) is 59.6 Å². The molecule has 0 saturated carbocycles. The first-order valence-corrected chi connectivity index (χ1v) is 9.54. The van der Waals surface area contributed by atoms with E-state index in [1.165, 1.54) is 17.6 Å². The lowest BCUT2D eigenvalue weighted by atomic mass is 10.2. The predicted molar refractivity (Wildman–Crippen MR) is 91.1 cm³/mol. The third-order valence-electron chi connectivity index (χ3n) is 3.12. The fourth-order valence-electron chi connectivity index (χ4n) is 2.04. The zero-order valence-electron chi connectivity index (χ0n) is 11.7. The molecule has 0 N–H and O–H groups in total. The third-order valence-corrected chi connectivity index (χ3v) is 5.56. The summed E-state index contributed by atoms with van der Waals surface area (Å²) in [5.74, 6) is 0. The van der Waals surface area contributed by atoms with Gasteiger partial charge in [0.15, 0.2) is 9.84 Å². The van der Waals surface area contributed by atoms with E-state index in [1.807, 2.05) is 30.3 Å². The van der Waals surface area contributed by atoms with Crippen LogP contribution >= 0.6 is 22.9 Å². The number of halogens is 1. The average molecular weight is 350 g/mol. The molecular formula is C16H12ClNO2S2. The van der Waals surface area contributed by atoms with Crippen molar-refractivity contribution >= 4 is 32.8 Å². The van der Waals surface area contributed by atoms with E-state index in [9.17, 15) is 8.42 Å². The lowest BCUT2D eigenvalue weighted by molar-refractivity contribution is 0.602. The second-order valence-electron chi connectivity index (χ2n) is 4.84. The Labute approximate surface area is 138 Å². The summed E-state index contributed by atoms with van der Waals surface area (Å²) in [6.07, 6.45) is 2.98. The van der Waals surface area contributed by atoms with E-state index in [2.05, 4.69) is 4.98 Å². The smallest absolute Gasteiger partial charge is 0.175 e. The van der Waals surface area contributed by atoms with Crippen molar-refractivity contribution in [2.45, 2.75) is 4.90 Å². The highest BCUT2D eigenvalue weighted by molar-refractivity contribution is 7.90. The maximum atomic E-state index is 11.6. The number of benzene rings is 2. The molecule has 0 bridgehead atoms. The fourth-order valence-corrected chi connectivity index (χ4v) is 3.81. The number of nitrogens with zero attached hydrogens (tertiary/aromatic N) is 1. The van der Waals surface area contributed by atoms with Crippen LogP contribution in [-0.2, 0) is 9.84 Å². The first-order valence-electron chi connectivity index (χ1n) is 6.46. The van der Waals surface area contributed by atoms with E-state index in [0.717, 1.165) is 21.0 Å². The van der Waals surface area contributed by atoms with E-state index < -0.39 is 9.84 Å². The van der Waals surface area contributed by atoms with Crippen LogP contribution in [-0.4, -0.2) is 19.7 Å². The average Bonchev–Trinajstić information content (AvgIpc) is 2.96. The molecule has 1 aromatic heterocycles. The Morgan fingerprint density at radius 1 is 1.05 bits per heavy atom. The Balaban J connectivity index is 2.01. The normalized spacial score (nSPS) is 11.5. The molecule has 0 radical (unpaired) electrons. The molecule has 22 heavy (non-hydrogen) atoms. The summed E-state index contributed by atoms with van der Waals surface area (Å²) in [6.45, 7) is 0. The monoisotopic (exact) mass is 349 g/mol. The maximum Gasteiger partial charge on any atom is 0.175 e. The highest BCUT2D eigenvalue weighted by Crippen LogP contribution is 2.33. The highest BCUT2D eigenvalue weighted by atomic mass is 35.5. The van der Waals surface area contributed by atoms with E-state index in [4.69, 9.17) is 11.6 Å². The lowest BCUT2D eigenvalue weighted by Crippen LogP contribution is -1.96. The van der Waals surface area contributed by atoms with Crippen LogP contribution in [0.2, 0.25) is 5.02 Å². The largest absolute Gasteiger partial charge is 0.244 e. The molecule has 112 valence electrons. The Morgan fingerprint density at radius 2 is 1.77 bits per heavy atom. The van der Waals surface area contributed by atoms with Crippen molar-refractivity contribution in [1.29, 1.82) is 0 Å². The van der Waals surface area contributed by atoms with E-state index in [-0.39, 0.29) is 0 Å². The molecule has 6 heteroatoms. The maximum absolute atomic E-state index is 11.6. The van der Waals surface area contributed by atoms with Gasteiger partial charge in [-0.15, -0.1) is 11.3 Å². The molecular weight excluding hydrogens is 338 g/mol. The van der Waals surface area contributed by atoms with Crippen LogP contribution in [0.3, 0.4) is 0 Å². The Bertz CT molecular complexity index is 933. The quantitative estimate of drug-likeness (QED) is 0.697. The van der Waals surface area contributed by atoms with Gasteiger partial charge in [0.2, 0.25) is 0 Å². The van der Waals surface area contributed by atoms with Crippen molar-refractivity contribution < 1.29 is 8.42 Å². The van der Waals surface area contributed by atoms with E-state index in [1.54, 1.807) is 24.4 Å². The second-order valence-corrected chi connectivity index (χ2v) is 8.32. The zero-order chi connectivity index (χ0) is 15.7. The van der Waals surface area contributed by atoms with Crippen LogP contribution < -0.4 is 0 Å². The van der Waals surface area contributed by atoms with Gasteiger partial charge in [0.05, 0.1) is 9.77 Å². The molecule has 0 atom stereocenters. The number of rotatable bonds is 3. The third kappa shape index (κ3) is 3.21. The summed E-state index contributed by atoms with van der Waals surface area (Å²) in [7, 11) is -3.22. The molecule has 3 nitrogen and oxygen atoms in total. The molecule has 0 amide bonds. The molecule has 3 rings (SSSR count). The van der Waals surface area contributed by atoms with Crippen LogP contribution in [0.25, 0.3) is 21.0 Å². The summed E-state index contributed by atoms with van der Waals surface area (Å²) in [4.78, 5) is 5.68. The molecule has 0 unspecified atom stereocenters. The number of hydrogen-bond acceptors (Lipinski definition) is 4. The van der Waals surface area contributed by atoms with Gasteiger partial charge in [-0.2, -0.15) is 0 Å². The molecule has 0 saturated heterocycles. The minimum atomic E-state index is -3.22. The molecule has 0 aliphatic rings. The van der Waals surface area contributed by atoms with E-state index >= 15 is 0 Å². The first-order chi connectivity index (χ1) is 10.4. The molecule has 0 aliphatic carbocycles. The van der Waals surface area contributed by atoms with Gasteiger partial charge in [0, 0.05) is 23.0 Å². The van der Waals surface area contributed by atoms with Gasteiger partial charge < -0.3 is 0 Å². The number of sulfone groups is 1. The fraction of sp³-hybridized carbons (Fsp3) is 0.0625. The SMILES string of the molecule is CS(=O)(=O)c1cccc(-c2ncc(-c3cccc(Cl)c3)s2)c1. The van der Waals surface area contributed by atoms with E-state index in [0.29, 0.717) is 9.92 Å². The lowest BCUT2D eigenvalue weighted by Gasteiger charge is -2.01. The van der Waals surface area contributed by atoms with Crippen LogP contribution in [0.4, 0.5) is 0 Å². The Kier molecular flexibility index (Phi) is 4.04. The summed E-state index contributed by atoms with van der Waals surface area (Å²) >= 11 is 7.51. The number of thiazole rings is 1. The van der Waals surface area contributed by atoms with Gasteiger partial charge in [-0.1, -0.05) is 35.9 Å². The molecule has 3 aromatic rings. The van der Waals surface area contributed by atoms with Gasteiger partial charge in [0.25, 0.3) is 0 Å². The second kappa shape index (κ2) is 5.83. The number of hydrogen-bond donors (Lipinski definition) is 0. The van der Waals surface area contributed by atoms with Gasteiger partial charge in [-0.05, 0) is 29.8 Å². The Hall–Kier alpha value is -1.69.